The third-order valence-electron chi connectivity index (χ3n) is 3.33. The molecule has 0 bridgehead atoms. The Morgan fingerprint density at radius 2 is 1.78 bits per heavy atom. The molecule has 1 aliphatic heterocycles. The molecule has 3 rings (SSSR count). The van der Waals surface area contributed by atoms with Crippen molar-refractivity contribution in [3.63, 3.8) is 0 Å². The molecule has 3 nitrogen and oxygen atoms in total. The van der Waals surface area contributed by atoms with E-state index in [2.05, 4.69) is 4.99 Å². The zero-order valence-corrected chi connectivity index (χ0v) is 12.5. The van der Waals surface area contributed by atoms with Crippen molar-refractivity contribution in [2.24, 2.45) is 4.99 Å². The molecule has 2 aromatic rings. The van der Waals surface area contributed by atoms with Crippen LogP contribution in [0, 0.1) is 12.7 Å². The number of cyclic esters (lactones) is 1. The lowest BCUT2D eigenvalue weighted by atomic mass is 10.1. The smallest absolute Gasteiger partial charge is 0.363 e. The summed E-state index contributed by atoms with van der Waals surface area (Å²) >= 11 is 0. The van der Waals surface area contributed by atoms with Gasteiger partial charge in [0.05, 0.1) is 0 Å². The Labute approximate surface area is 133 Å². The number of aliphatic imine (C=N–C) groups is 1. The summed E-state index contributed by atoms with van der Waals surface area (Å²) in [4.78, 5) is 15.9. The number of nitrogens with zero attached hydrogens (tertiary/aromatic N) is 1. The van der Waals surface area contributed by atoms with Gasteiger partial charge in [-0.15, -0.1) is 0 Å². The van der Waals surface area contributed by atoms with E-state index < -0.39 is 11.8 Å². The number of benzene rings is 2. The second-order valence-corrected chi connectivity index (χ2v) is 5.13. The minimum Gasteiger partial charge on any atom is -0.403 e. The van der Waals surface area contributed by atoms with Crippen molar-refractivity contribution >= 4 is 24.0 Å². The van der Waals surface area contributed by atoms with Gasteiger partial charge in [0.15, 0.2) is 5.70 Å². The highest BCUT2D eigenvalue weighted by molar-refractivity contribution is 6.11. The number of rotatable bonds is 3. The van der Waals surface area contributed by atoms with Gasteiger partial charge in [-0.2, -0.15) is 0 Å². The lowest BCUT2D eigenvalue weighted by molar-refractivity contribution is -0.129. The monoisotopic (exact) mass is 307 g/mol. The first-order valence-corrected chi connectivity index (χ1v) is 7.14. The normalized spacial score (nSPS) is 16.0. The molecule has 4 heteroatoms. The van der Waals surface area contributed by atoms with Gasteiger partial charge >= 0.3 is 5.97 Å². The second kappa shape index (κ2) is 6.40. The largest absolute Gasteiger partial charge is 0.403 e. The van der Waals surface area contributed by atoms with Crippen LogP contribution in [0.15, 0.2) is 65.3 Å². The minimum atomic E-state index is -0.586. The fourth-order valence-electron chi connectivity index (χ4n) is 2.08. The molecule has 0 radical (unpaired) electrons. The molecule has 0 atom stereocenters. The average molecular weight is 307 g/mol. The molecule has 1 heterocycles. The fourth-order valence-corrected chi connectivity index (χ4v) is 2.08. The Morgan fingerprint density at radius 1 is 1.04 bits per heavy atom. The fraction of sp³-hybridized carbons (Fsp3) is 0.0526. The summed E-state index contributed by atoms with van der Waals surface area (Å²) < 4.78 is 18.7. The maximum Gasteiger partial charge on any atom is 0.363 e. The van der Waals surface area contributed by atoms with Gasteiger partial charge in [-0.05, 0) is 30.7 Å². The van der Waals surface area contributed by atoms with Crippen molar-refractivity contribution in [1.29, 1.82) is 0 Å². The zero-order chi connectivity index (χ0) is 16.2. The molecule has 2 aromatic carbocycles. The van der Waals surface area contributed by atoms with E-state index in [0.717, 1.165) is 5.56 Å². The van der Waals surface area contributed by atoms with Gasteiger partial charge in [0.2, 0.25) is 5.90 Å². The predicted molar refractivity (Wildman–Crippen MR) is 88.1 cm³/mol. The SMILES string of the molecule is Cc1ccc(C=CC2=NC(=Cc3ccccc3F)C(=O)O2)cc1. The Balaban J connectivity index is 1.81. The van der Waals surface area contributed by atoms with E-state index >= 15 is 0 Å². The molecule has 0 aliphatic carbocycles. The van der Waals surface area contributed by atoms with Crippen LogP contribution in [0.5, 0.6) is 0 Å². The Morgan fingerprint density at radius 3 is 2.52 bits per heavy atom. The summed E-state index contributed by atoms with van der Waals surface area (Å²) in [5.41, 5.74) is 2.52. The van der Waals surface area contributed by atoms with Crippen molar-refractivity contribution in [1.82, 2.24) is 0 Å². The molecule has 0 N–H and O–H groups in total. The van der Waals surface area contributed by atoms with E-state index in [9.17, 15) is 9.18 Å². The zero-order valence-electron chi connectivity index (χ0n) is 12.5. The highest BCUT2D eigenvalue weighted by Crippen LogP contribution is 2.18. The van der Waals surface area contributed by atoms with Gasteiger partial charge < -0.3 is 4.74 Å². The number of hydrogen-bond acceptors (Lipinski definition) is 3. The lowest BCUT2D eigenvalue weighted by Gasteiger charge is -1.95. The van der Waals surface area contributed by atoms with Crippen molar-refractivity contribution < 1.29 is 13.9 Å². The van der Waals surface area contributed by atoms with E-state index in [4.69, 9.17) is 4.74 Å². The molecule has 0 fully saturated rings. The summed E-state index contributed by atoms with van der Waals surface area (Å²) in [5, 5.41) is 0. The molecular weight excluding hydrogens is 293 g/mol. The third-order valence-corrected chi connectivity index (χ3v) is 3.33. The van der Waals surface area contributed by atoms with Crippen LogP contribution >= 0.6 is 0 Å². The molecule has 0 spiro atoms. The van der Waals surface area contributed by atoms with Crippen LogP contribution in [0.4, 0.5) is 4.39 Å². The molecular formula is C19H14FNO2. The van der Waals surface area contributed by atoms with Crippen LogP contribution in [-0.4, -0.2) is 11.9 Å². The average Bonchev–Trinajstić information content (AvgIpc) is 2.89. The van der Waals surface area contributed by atoms with Crippen molar-refractivity contribution in [3.05, 3.63) is 82.8 Å². The van der Waals surface area contributed by atoms with E-state index in [1.54, 1.807) is 30.4 Å². The lowest BCUT2D eigenvalue weighted by Crippen LogP contribution is -2.01. The molecule has 0 amide bonds. The molecule has 1 aliphatic rings. The topological polar surface area (TPSA) is 38.7 Å². The minimum absolute atomic E-state index is 0.0821. The van der Waals surface area contributed by atoms with Crippen LogP contribution < -0.4 is 0 Å². The summed E-state index contributed by atoms with van der Waals surface area (Å²) in [5.74, 6) is -0.804. The van der Waals surface area contributed by atoms with Crippen molar-refractivity contribution in [2.75, 3.05) is 0 Å². The molecule has 0 unspecified atom stereocenters. The number of esters is 1. The predicted octanol–water partition coefficient (Wildman–Crippen LogP) is 4.14. The van der Waals surface area contributed by atoms with Crippen LogP contribution in [0.1, 0.15) is 16.7 Å². The van der Waals surface area contributed by atoms with E-state index in [0.29, 0.717) is 5.56 Å². The molecule has 114 valence electrons. The molecule has 23 heavy (non-hydrogen) atoms. The summed E-state index contributed by atoms with van der Waals surface area (Å²) in [6.45, 7) is 2.01. The van der Waals surface area contributed by atoms with Crippen LogP contribution in [0.25, 0.3) is 12.2 Å². The number of carbonyl (C=O) groups is 1. The van der Waals surface area contributed by atoms with Crippen molar-refractivity contribution in [3.8, 4) is 0 Å². The van der Waals surface area contributed by atoms with Gasteiger partial charge in [-0.1, -0.05) is 48.0 Å². The van der Waals surface area contributed by atoms with Gasteiger partial charge in [0.25, 0.3) is 0 Å². The maximum absolute atomic E-state index is 13.6. The van der Waals surface area contributed by atoms with E-state index in [1.165, 1.54) is 17.7 Å². The van der Waals surface area contributed by atoms with Crippen LogP contribution in [-0.2, 0) is 9.53 Å². The highest BCUT2D eigenvalue weighted by atomic mass is 19.1. The van der Waals surface area contributed by atoms with Crippen LogP contribution in [0.3, 0.4) is 0 Å². The Bertz CT molecular complexity index is 833. The third kappa shape index (κ3) is 3.61. The van der Waals surface area contributed by atoms with Gasteiger partial charge in [-0.3, -0.25) is 0 Å². The summed E-state index contributed by atoms with van der Waals surface area (Å²) in [7, 11) is 0. The standard InChI is InChI=1S/C19H14FNO2/c1-13-6-8-14(9-7-13)10-11-18-21-17(19(22)23-18)12-15-4-2-3-5-16(15)20/h2-12H,1H3. The van der Waals surface area contributed by atoms with Gasteiger partial charge in [0, 0.05) is 11.6 Å². The van der Waals surface area contributed by atoms with E-state index in [-0.39, 0.29) is 11.6 Å². The number of aryl methyl sites for hydroxylation is 1. The van der Waals surface area contributed by atoms with Crippen molar-refractivity contribution in [2.45, 2.75) is 6.92 Å². The van der Waals surface area contributed by atoms with E-state index in [1.807, 2.05) is 31.2 Å². The highest BCUT2D eigenvalue weighted by Gasteiger charge is 2.21. The molecule has 0 aromatic heterocycles. The van der Waals surface area contributed by atoms with Crippen LogP contribution in [0.2, 0.25) is 0 Å². The first-order chi connectivity index (χ1) is 11.1. The number of halogens is 1. The quantitative estimate of drug-likeness (QED) is 0.631. The maximum atomic E-state index is 13.6. The molecule has 0 saturated carbocycles. The van der Waals surface area contributed by atoms with Gasteiger partial charge in [0.1, 0.15) is 5.82 Å². The summed E-state index contributed by atoms with van der Waals surface area (Å²) in [6, 6.07) is 14.1. The van der Waals surface area contributed by atoms with Gasteiger partial charge in [-0.25, -0.2) is 14.2 Å². The number of hydrogen-bond donors (Lipinski definition) is 0. The first kappa shape index (κ1) is 14.9. The second-order valence-electron chi connectivity index (χ2n) is 5.13. The summed E-state index contributed by atoms with van der Waals surface area (Å²) in [6.07, 6.45) is 4.80. The first-order valence-electron chi connectivity index (χ1n) is 7.14. The Kier molecular flexibility index (Phi) is 4.15. The number of carbonyl (C=O) groups excluding carboxylic acids is 1. The molecule has 0 saturated heterocycles. The Hall–Kier alpha value is -3.01. The number of ether oxygens (including phenoxy) is 1.